The maximum absolute atomic E-state index is 13.1. The Hall–Kier alpha value is -1.96. The van der Waals surface area contributed by atoms with Gasteiger partial charge in [-0.25, -0.2) is 9.97 Å². The van der Waals surface area contributed by atoms with E-state index in [2.05, 4.69) is 20.4 Å². The van der Waals surface area contributed by atoms with Gasteiger partial charge in [0.25, 0.3) is 0 Å². The highest BCUT2D eigenvalue weighted by Crippen LogP contribution is 2.33. The van der Waals surface area contributed by atoms with Crippen molar-refractivity contribution in [1.29, 1.82) is 0 Å². The zero-order chi connectivity index (χ0) is 14.3. The molecule has 5 nitrogen and oxygen atoms in total. The Labute approximate surface area is 112 Å². The summed E-state index contributed by atoms with van der Waals surface area (Å²) < 4.78 is 40.9. The van der Waals surface area contributed by atoms with Crippen LogP contribution in [0.3, 0.4) is 0 Å². The van der Waals surface area contributed by atoms with Gasteiger partial charge in [-0.3, -0.25) is 4.68 Å². The summed E-state index contributed by atoms with van der Waals surface area (Å²) in [6.07, 6.45) is -2.55. The van der Waals surface area contributed by atoms with E-state index in [0.717, 1.165) is 0 Å². The Morgan fingerprint density at radius 2 is 2.10 bits per heavy atom. The SMILES string of the molecule is Cn1ccc(-c2nc3c(c(C(F)(F)F)n2)CCNC3)n1. The molecule has 3 rings (SSSR count). The van der Waals surface area contributed by atoms with Crippen LogP contribution in [0.25, 0.3) is 11.5 Å². The molecule has 0 unspecified atom stereocenters. The third-order valence-electron chi connectivity index (χ3n) is 3.15. The van der Waals surface area contributed by atoms with Crippen LogP contribution in [0.1, 0.15) is 17.0 Å². The van der Waals surface area contributed by atoms with E-state index in [1.165, 1.54) is 4.68 Å². The van der Waals surface area contributed by atoms with Gasteiger partial charge in [-0.05, 0) is 19.0 Å². The third-order valence-corrected chi connectivity index (χ3v) is 3.15. The van der Waals surface area contributed by atoms with Crippen LogP contribution < -0.4 is 5.32 Å². The monoisotopic (exact) mass is 283 g/mol. The molecule has 20 heavy (non-hydrogen) atoms. The minimum absolute atomic E-state index is 0.0142. The average molecular weight is 283 g/mol. The Bertz CT molecular complexity index is 647. The fraction of sp³-hybridized carbons (Fsp3) is 0.417. The van der Waals surface area contributed by atoms with Crippen LogP contribution in [0.15, 0.2) is 12.3 Å². The second-order valence-electron chi connectivity index (χ2n) is 4.62. The molecule has 0 atom stereocenters. The zero-order valence-electron chi connectivity index (χ0n) is 10.7. The van der Waals surface area contributed by atoms with Crippen molar-refractivity contribution in [1.82, 2.24) is 25.1 Å². The lowest BCUT2D eigenvalue weighted by atomic mass is 10.0. The van der Waals surface area contributed by atoms with Crippen molar-refractivity contribution >= 4 is 0 Å². The minimum atomic E-state index is -4.48. The number of fused-ring (bicyclic) bond motifs is 1. The van der Waals surface area contributed by atoms with E-state index in [9.17, 15) is 13.2 Å². The molecule has 0 bridgehead atoms. The number of nitrogens with one attached hydrogen (secondary N) is 1. The molecular formula is C12H12F3N5. The second-order valence-corrected chi connectivity index (χ2v) is 4.62. The lowest BCUT2D eigenvalue weighted by Crippen LogP contribution is -2.28. The molecule has 0 saturated heterocycles. The van der Waals surface area contributed by atoms with E-state index in [0.29, 0.717) is 24.5 Å². The van der Waals surface area contributed by atoms with Crippen LogP contribution in [-0.4, -0.2) is 26.3 Å². The zero-order valence-corrected chi connectivity index (χ0v) is 10.7. The highest BCUT2D eigenvalue weighted by atomic mass is 19.4. The Kier molecular flexibility index (Phi) is 2.97. The van der Waals surface area contributed by atoms with Crippen molar-refractivity contribution in [3.05, 3.63) is 29.2 Å². The van der Waals surface area contributed by atoms with Gasteiger partial charge in [0.05, 0.1) is 5.69 Å². The third kappa shape index (κ3) is 2.26. The Morgan fingerprint density at radius 1 is 1.30 bits per heavy atom. The molecule has 2 aromatic heterocycles. The molecule has 0 amide bonds. The normalized spacial score (nSPS) is 15.2. The number of aryl methyl sites for hydroxylation is 1. The molecular weight excluding hydrogens is 271 g/mol. The summed E-state index contributed by atoms with van der Waals surface area (Å²) >= 11 is 0. The number of halogens is 3. The molecule has 106 valence electrons. The molecule has 0 saturated carbocycles. The molecule has 0 fully saturated rings. The first-order chi connectivity index (χ1) is 9.45. The van der Waals surface area contributed by atoms with Gasteiger partial charge < -0.3 is 5.32 Å². The second kappa shape index (κ2) is 4.55. The van der Waals surface area contributed by atoms with Crippen LogP contribution in [0.5, 0.6) is 0 Å². The molecule has 8 heteroatoms. The molecule has 0 radical (unpaired) electrons. The molecule has 1 aliphatic heterocycles. The summed E-state index contributed by atoms with van der Waals surface area (Å²) in [7, 11) is 1.69. The van der Waals surface area contributed by atoms with E-state index < -0.39 is 11.9 Å². The number of nitrogens with zero attached hydrogens (tertiary/aromatic N) is 4. The molecule has 1 aliphatic rings. The predicted molar refractivity (Wildman–Crippen MR) is 64.6 cm³/mol. The molecule has 2 aromatic rings. The quantitative estimate of drug-likeness (QED) is 0.862. The van der Waals surface area contributed by atoms with Gasteiger partial charge in [0.15, 0.2) is 11.5 Å². The first-order valence-electron chi connectivity index (χ1n) is 6.13. The first-order valence-corrected chi connectivity index (χ1v) is 6.13. The highest BCUT2D eigenvalue weighted by Gasteiger charge is 2.38. The van der Waals surface area contributed by atoms with Crippen LogP contribution in [-0.2, 0) is 26.2 Å². The van der Waals surface area contributed by atoms with Gasteiger partial charge >= 0.3 is 6.18 Å². The standard InChI is InChI=1S/C12H12F3N5/c1-20-5-3-8(19-20)11-17-9-6-16-4-2-7(9)10(18-11)12(13,14)15/h3,5,16H,2,4,6H2,1H3. The highest BCUT2D eigenvalue weighted by molar-refractivity contribution is 5.50. The van der Waals surface area contributed by atoms with Gasteiger partial charge in [-0.1, -0.05) is 0 Å². The molecule has 0 aromatic carbocycles. The predicted octanol–water partition coefficient (Wildman–Crippen LogP) is 1.54. The maximum atomic E-state index is 13.1. The maximum Gasteiger partial charge on any atom is 0.433 e. The number of rotatable bonds is 1. The van der Waals surface area contributed by atoms with Crippen LogP contribution in [0.2, 0.25) is 0 Å². The summed E-state index contributed by atoms with van der Waals surface area (Å²) in [4.78, 5) is 7.92. The van der Waals surface area contributed by atoms with Crippen molar-refractivity contribution in [3.63, 3.8) is 0 Å². The average Bonchev–Trinajstić information content (AvgIpc) is 2.83. The van der Waals surface area contributed by atoms with Crippen molar-refractivity contribution in [2.24, 2.45) is 7.05 Å². The Morgan fingerprint density at radius 3 is 2.75 bits per heavy atom. The van der Waals surface area contributed by atoms with Gasteiger partial charge in [0.1, 0.15) is 5.69 Å². The minimum Gasteiger partial charge on any atom is -0.311 e. The topological polar surface area (TPSA) is 55.6 Å². The first kappa shape index (κ1) is 13.0. The van der Waals surface area contributed by atoms with E-state index in [4.69, 9.17) is 0 Å². The van der Waals surface area contributed by atoms with E-state index >= 15 is 0 Å². The van der Waals surface area contributed by atoms with Crippen LogP contribution in [0, 0.1) is 0 Å². The fourth-order valence-electron chi connectivity index (χ4n) is 2.24. The number of aromatic nitrogens is 4. The van der Waals surface area contributed by atoms with Crippen molar-refractivity contribution in [2.45, 2.75) is 19.1 Å². The summed E-state index contributed by atoms with van der Waals surface area (Å²) in [5, 5.41) is 7.08. The van der Waals surface area contributed by atoms with Gasteiger partial charge in [0.2, 0.25) is 0 Å². The van der Waals surface area contributed by atoms with E-state index in [1.807, 2.05) is 0 Å². The molecule has 0 aliphatic carbocycles. The molecule has 3 heterocycles. The summed E-state index contributed by atoms with van der Waals surface area (Å²) in [6, 6.07) is 1.60. The smallest absolute Gasteiger partial charge is 0.311 e. The Balaban J connectivity index is 2.18. The van der Waals surface area contributed by atoms with E-state index in [1.54, 1.807) is 19.3 Å². The largest absolute Gasteiger partial charge is 0.433 e. The number of alkyl halides is 3. The van der Waals surface area contributed by atoms with Crippen LogP contribution in [0.4, 0.5) is 13.2 Å². The van der Waals surface area contributed by atoms with Gasteiger partial charge in [-0.2, -0.15) is 18.3 Å². The lowest BCUT2D eigenvalue weighted by Gasteiger charge is -2.20. The van der Waals surface area contributed by atoms with Crippen molar-refractivity contribution < 1.29 is 13.2 Å². The van der Waals surface area contributed by atoms with E-state index in [-0.39, 0.29) is 17.8 Å². The molecule has 1 N–H and O–H groups in total. The van der Waals surface area contributed by atoms with Crippen LogP contribution >= 0.6 is 0 Å². The van der Waals surface area contributed by atoms with Crippen molar-refractivity contribution in [3.8, 4) is 11.5 Å². The lowest BCUT2D eigenvalue weighted by molar-refractivity contribution is -0.142. The number of hydrogen-bond acceptors (Lipinski definition) is 4. The number of hydrogen-bond donors (Lipinski definition) is 1. The summed E-state index contributed by atoms with van der Waals surface area (Å²) in [5.74, 6) is 0.0142. The summed E-state index contributed by atoms with van der Waals surface area (Å²) in [6.45, 7) is 0.823. The summed E-state index contributed by atoms with van der Waals surface area (Å²) in [5.41, 5.74) is 0.0891. The van der Waals surface area contributed by atoms with Gasteiger partial charge in [-0.15, -0.1) is 0 Å². The fourth-order valence-corrected chi connectivity index (χ4v) is 2.24. The van der Waals surface area contributed by atoms with Gasteiger partial charge in [0, 0.05) is 25.4 Å². The van der Waals surface area contributed by atoms with Crippen molar-refractivity contribution in [2.75, 3.05) is 6.54 Å². The molecule has 0 spiro atoms.